The molecule has 0 atom stereocenters. The number of ether oxygens (including phenoxy) is 1. The Hall–Kier alpha value is -2.69. The summed E-state index contributed by atoms with van der Waals surface area (Å²) in [5, 5.41) is 6.18. The first kappa shape index (κ1) is 14.7. The zero-order valence-corrected chi connectivity index (χ0v) is 11.7. The van der Waals surface area contributed by atoms with Crippen molar-refractivity contribution in [2.24, 2.45) is 5.10 Å². The SMILES string of the molecule is CC(=O)CC(=O)OC/C=N\Nc1cccc2ccccc12. The van der Waals surface area contributed by atoms with Crippen molar-refractivity contribution in [3.63, 3.8) is 0 Å². The number of benzene rings is 2. The highest BCUT2D eigenvalue weighted by molar-refractivity contribution is 5.95. The van der Waals surface area contributed by atoms with Crippen LogP contribution in [0, 0.1) is 0 Å². The van der Waals surface area contributed by atoms with Crippen LogP contribution in [0.3, 0.4) is 0 Å². The van der Waals surface area contributed by atoms with Gasteiger partial charge in [-0.3, -0.25) is 15.0 Å². The van der Waals surface area contributed by atoms with Gasteiger partial charge in [0.1, 0.15) is 18.8 Å². The number of fused-ring (bicyclic) bond motifs is 1. The van der Waals surface area contributed by atoms with E-state index in [1.54, 1.807) is 0 Å². The van der Waals surface area contributed by atoms with Gasteiger partial charge in [0.2, 0.25) is 0 Å². The average Bonchev–Trinajstić information content (AvgIpc) is 2.46. The maximum absolute atomic E-state index is 11.1. The number of ketones is 1. The van der Waals surface area contributed by atoms with Gasteiger partial charge < -0.3 is 4.74 Å². The van der Waals surface area contributed by atoms with E-state index in [1.165, 1.54) is 13.1 Å². The normalized spacial score (nSPS) is 10.7. The van der Waals surface area contributed by atoms with E-state index in [1.807, 2.05) is 42.5 Å². The second kappa shape index (κ2) is 7.19. The molecule has 0 amide bonds. The van der Waals surface area contributed by atoms with Gasteiger partial charge in [-0.05, 0) is 18.4 Å². The molecule has 21 heavy (non-hydrogen) atoms. The van der Waals surface area contributed by atoms with Crippen molar-refractivity contribution in [2.75, 3.05) is 12.0 Å². The van der Waals surface area contributed by atoms with Crippen LogP contribution >= 0.6 is 0 Å². The van der Waals surface area contributed by atoms with Gasteiger partial charge in [0.25, 0.3) is 0 Å². The summed E-state index contributed by atoms with van der Waals surface area (Å²) in [4.78, 5) is 21.8. The molecule has 0 aliphatic rings. The molecule has 0 radical (unpaired) electrons. The van der Waals surface area contributed by atoms with Gasteiger partial charge in [-0.2, -0.15) is 5.10 Å². The summed E-state index contributed by atoms with van der Waals surface area (Å²) in [6, 6.07) is 13.8. The number of carbonyl (C=O) groups is 2. The van der Waals surface area contributed by atoms with Crippen LogP contribution in [0.25, 0.3) is 10.8 Å². The smallest absolute Gasteiger partial charge is 0.313 e. The van der Waals surface area contributed by atoms with Gasteiger partial charge in [0.05, 0.1) is 11.9 Å². The largest absolute Gasteiger partial charge is 0.459 e. The lowest BCUT2D eigenvalue weighted by Gasteiger charge is -2.05. The molecular weight excluding hydrogens is 268 g/mol. The fraction of sp³-hybridized carbons (Fsp3) is 0.188. The van der Waals surface area contributed by atoms with E-state index in [9.17, 15) is 9.59 Å². The maximum atomic E-state index is 11.1. The second-order valence-electron chi connectivity index (χ2n) is 4.51. The summed E-state index contributed by atoms with van der Waals surface area (Å²) in [5.41, 5.74) is 3.79. The molecule has 0 unspecified atom stereocenters. The Morgan fingerprint density at radius 1 is 1.19 bits per heavy atom. The number of carbonyl (C=O) groups excluding carboxylic acids is 2. The maximum Gasteiger partial charge on any atom is 0.313 e. The standard InChI is InChI=1S/C16H16N2O3/c1-12(19)11-16(20)21-10-9-17-18-15-8-4-6-13-5-2-3-7-14(13)15/h2-9,18H,10-11H2,1H3/b17-9-. The first-order valence-electron chi connectivity index (χ1n) is 6.57. The number of rotatable bonds is 6. The Kier molecular flexibility index (Phi) is 5.04. The highest BCUT2D eigenvalue weighted by atomic mass is 16.5. The minimum Gasteiger partial charge on any atom is -0.459 e. The lowest BCUT2D eigenvalue weighted by atomic mass is 10.1. The van der Waals surface area contributed by atoms with Crippen molar-refractivity contribution < 1.29 is 14.3 Å². The highest BCUT2D eigenvalue weighted by Gasteiger charge is 2.04. The number of nitrogens with zero attached hydrogens (tertiary/aromatic N) is 1. The van der Waals surface area contributed by atoms with E-state index in [0.717, 1.165) is 16.5 Å². The molecule has 5 heteroatoms. The van der Waals surface area contributed by atoms with E-state index < -0.39 is 5.97 Å². The Morgan fingerprint density at radius 2 is 1.95 bits per heavy atom. The molecule has 2 aromatic rings. The molecule has 0 aliphatic heterocycles. The van der Waals surface area contributed by atoms with Crippen molar-refractivity contribution in [3.05, 3.63) is 42.5 Å². The summed E-state index contributed by atoms with van der Waals surface area (Å²) >= 11 is 0. The van der Waals surface area contributed by atoms with Crippen LogP contribution in [0.4, 0.5) is 5.69 Å². The summed E-state index contributed by atoms with van der Waals surface area (Å²) in [7, 11) is 0. The minimum atomic E-state index is -0.542. The zero-order valence-electron chi connectivity index (χ0n) is 11.7. The summed E-state index contributed by atoms with van der Waals surface area (Å²) < 4.78 is 4.83. The number of hydrazone groups is 1. The van der Waals surface area contributed by atoms with Crippen LogP contribution in [0.2, 0.25) is 0 Å². The predicted molar refractivity (Wildman–Crippen MR) is 82.3 cm³/mol. The van der Waals surface area contributed by atoms with E-state index in [0.29, 0.717) is 0 Å². The monoisotopic (exact) mass is 284 g/mol. The molecule has 2 rings (SSSR count). The molecule has 1 N–H and O–H groups in total. The molecule has 0 saturated heterocycles. The van der Waals surface area contributed by atoms with Gasteiger partial charge in [-0.25, -0.2) is 0 Å². The third-order valence-corrected chi connectivity index (χ3v) is 2.78. The highest BCUT2D eigenvalue weighted by Crippen LogP contribution is 2.22. The Balaban J connectivity index is 1.89. The zero-order chi connectivity index (χ0) is 15.1. The predicted octanol–water partition coefficient (Wildman–Crippen LogP) is 2.76. The Labute approximate surface area is 122 Å². The van der Waals surface area contributed by atoms with Crippen molar-refractivity contribution in [1.29, 1.82) is 0 Å². The first-order valence-corrected chi connectivity index (χ1v) is 6.57. The summed E-state index contributed by atoms with van der Waals surface area (Å²) in [6.45, 7) is 1.38. The molecule has 108 valence electrons. The number of Topliss-reactive ketones (excluding diaryl/α,β-unsaturated/α-hetero) is 1. The number of nitrogens with one attached hydrogen (secondary N) is 1. The van der Waals surface area contributed by atoms with Crippen LogP contribution in [0.1, 0.15) is 13.3 Å². The van der Waals surface area contributed by atoms with E-state index in [2.05, 4.69) is 10.5 Å². The van der Waals surface area contributed by atoms with Crippen molar-refractivity contribution in [1.82, 2.24) is 0 Å². The van der Waals surface area contributed by atoms with Gasteiger partial charge in [-0.15, -0.1) is 0 Å². The van der Waals surface area contributed by atoms with Gasteiger partial charge in [-0.1, -0.05) is 36.4 Å². The molecule has 0 heterocycles. The van der Waals surface area contributed by atoms with E-state index in [-0.39, 0.29) is 18.8 Å². The number of anilines is 1. The van der Waals surface area contributed by atoms with Crippen molar-refractivity contribution in [2.45, 2.75) is 13.3 Å². The lowest BCUT2D eigenvalue weighted by Crippen LogP contribution is -2.10. The third-order valence-electron chi connectivity index (χ3n) is 2.78. The molecule has 0 fully saturated rings. The first-order chi connectivity index (χ1) is 10.2. The van der Waals surface area contributed by atoms with Crippen LogP contribution in [-0.4, -0.2) is 24.6 Å². The number of hydrogen-bond acceptors (Lipinski definition) is 5. The lowest BCUT2D eigenvalue weighted by molar-refractivity contribution is -0.144. The Morgan fingerprint density at radius 3 is 2.76 bits per heavy atom. The van der Waals surface area contributed by atoms with E-state index >= 15 is 0 Å². The molecular formula is C16H16N2O3. The molecule has 0 spiro atoms. The molecule has 0 saturated carbocycles. The van der Waals surface area contributed by atoms with Crippen LogP contribution in [0.15, 0.2) is 47.6 Å². The van der Waals surface area contributed by atoms with Crippen LogP contribution in [-0.2, 0) is 14.3 Å². The second-order valence-corrected chi connectivity index (χ2v) is 4.51. The fourth-order valence-corrected chi connectivity index (χ4v) is 1.86. The molecule has 5 nitrogen and oxygen atoms in total. The molecule has 0 bridgehead atoms. The fourth-order valence-electron chi connectivity index (χ4n) is 1.86. The quantitative estimate of drug-likeness (QED) is 0.383. The average molecular weight is 284 g/mol. The number of hydrogen-bond donors (Lipinski definition) is 1. The van der Waals surface area contributed by atoms with Crippen molar-refractivity contribution >= 4 is 34.4 Å². The minimum absolute atomic E-state index is 0.0316. The van der Waals surface area contributed by atoms with Crippen LogP contribution in [0.5, 0.6) is 0 Å². The Bertz CT molecular complexity index is 675. The van der Waals surface area contributed by atoms with E-state index in [4.69, 9.17) is 4.74 Å². The third kappa shape index (κ3) is 4.42. The molecule has 0 aromatic heterocycles. The van der Waals surface area contributed by atoms with Gasteiger partial charge in [0.15, 0.2) is 0 Å². The number of esters is 1. The van der Waals surface area contributed by atoms with Crippen molar-refractivity contribution in [3.8, 4) is 0 Å². The van der Waals surface area contributed by atoms with Gasteiger partial charge >= 0.3 is 5.97 Å². The topological polar surface area (TPSA) is 67.8 Å². The van der Waals surface area contributed by atoms with Gasteiger partial charge in [0, 0.05) is 5.39 Å². The van der Waals surface area contributed by atoms with Crippen LogP contribution < -0.4 is 5.43 Å². The molecule has 0 aliphatic carbocycles. The summed E-state index contributed by atoms with van der Waals surface area (Å²) in [6.07, 6.45) is 1.24. The molecule has 2 aromatic carbocycles. The summed E-state index contributed by atoms with van der Waals surface area (Å²) in [5.74, 6) is -0.759.